The normalized spacial score (nSPS) is 12.3. The van der Waals surface area contributed by atoms with Crippen molar-refractivity contribution in [2.24, 2.45) is 5.73 Å². The van der Waals surface area contributed by atoms with E-state index < -0.39 is 4.92 Å². The van der Waals surface area contributed by atoms with E-state index in [-0.39, 0.29) is 11.7 Å². The summed E-state index contributed by atoms with van der Waals surface area (Å²) in [5, 5.41) is 10.6. The third-order valence-electron chi connectivity index (χ3n) is 2.85. The van der Waals surface area contributed by atoms with Crippen LogP contribution >= 0.6 is 0 Å². The third-order valence-corrected chi connectivity index (χ3v) is 2.85. The van der Waals surface area contributed by atoms with Crippen LogP contribution in [0.15, 0.2) is 30.5 Å². The van der Waals surface area contributed by atoms with Crippen molar-refractivity contribution in [3.8, 4) is 11.3 Å². The van der Waals surface area contributed by atoms with Gasteiger partial charge in [-0.2, -0.15) is 0 Å². The first-order chi connectivity index (χ1) is 9.06. The summed E-state index contributed by atoms with van der Waals surface area (Å²) < 4.78 is 0. The second-order valence-corrected chi connectivity index (χ2v) is 4.56. The van der Waals surface area contributed by atoms with Gasteiger partial charge in [-0.1, -0.05) is 0 Å². The van der Waals surface area contributed by atoms with Gasteiger partial charge in [-0.3, -0.25) is 10.1 Å². The number of aromatic amines is 1. The molecule has 6 nitrogen and oxygen atoms in total. The fraction of sp³-hybridized carbons (Fsp3) is 0.308. The molecule has 1 heterocycles. The number of non-ortho nitro benzene ring substituents is 1. The Balaban J connectivity index is 2.11. The van der Waals surface area contributed by atoms with Crippen molar-refractivity contribution in [3.63, 3.8) is 0 Å². The predicted octanol–water partition coefficient (Wildman–Crippen LogP) is 2.26. The van der Waals surface area contributed by atoms with Gasteiger partial charge in [0.1, 0.15) is 5.82 Å². The average molecular weight is 260 g/mol. The van der Waals surface area contributed by atoms with Gasteiger partial charge in [0.2, 0.25) is 0 Å². The molecule has 1 aromatic heterocycles. The van der Waals surface area contributed by atoms with Crippen LogP contribution < -0.4 is 5.73 Å². The van der Waals surface area contributed by atoms with Crippen LogP contribution in [0, 0.1) is 10.1 Å². The molecule has 0 amide bonds. The number of imidazole rings is 1. The number of rotatable bonds is 5. The van der Waals surface area contributed by atoms with Gasteiger partial charge in [0.05, 0.1) is 16.8 Å². The van der Waals surface area contributed by atoms with Crippen molar-refractivity contribution < 1.29 is 4.92 Å². The number of nitro groups is 1. The summed E-state index contributed by atoms with van der Waals surface area (Å²) in [4.78, 5) is 17.6. The number of nitro benzene ring substituents is 1. The van der Waals surface area contributed by atoms with Crippen LogP contribution in [0.2, 0.25) is 0 Å². The van der Waals surface area contributed by atoms with E-state index in [1.165, 1.54) is 12.1 Å². The Hall–Kier alpha value is -2.21. The standard InChI is InChI=1S/C13H16N4O2/c1-9(14)2-7-13-15-8-12(16-13)10-3-5-11(6-4-10)17(18)19/h3-6,8-9H,2,7,14H2,1H3,(H,15,16). The Labute approximate surface area is 110 Å². The molecule has 3 N–H and O–H groups in total. The van der Waals surface area contributed by atoms with E-state index in [0.29, 0.717) is 0 Å². The van der Waals surface area contributed by atoms with Gasteiger partial charge >= 0.3 is 0 Å². The van der Waals surface area contributed by atoms with E-state index in [9.17, 15) is 10.1 Å². The minimum Gasteiger partial charge on any atom is -0.342 e. The van der Waals surface area contributed by atoms with Crippen LogP contribution in [0.1, 0.15) is 19.2 Å². The van der Waals surface area contributed by atoms with Crippen molar-refractivity contribution in [2.45, 2.75) is 25.8 Å². The number of nitrogens with two attached hydrogens (primary N) is 1. The number of hydrogen-bond acceptors (Lipinski definition) is 4. The van der Waals surface area contributed by atoms with Gasteiger partial charge in [-0.05, 0) is 25.5 Å². The summed E-state index contributed by atoms with van der Waals surface area (Å²) in [7, 11) is 0. The number of hydrogen-bond donors (Lipinski definition) is 2. The highest BCUT2D eigenvalue weighted by molar-refractivity contribution is 5.60. The summed E-state index contributed by atoms with van der Waals surface area (Å²) in [6, 6.07) is 6.53. The Bertz CT molecular complexity index is 560. The van der Waals surface area contributed by atoms with Crippen molar-refractivity contribution in [1.29, 1.82) is 0 Å². The molecule has 2 aromatic rings. The molecule has 19 heavy (non-hydrogen) atoms. The molecule has 0 fully saturated rings. The second-order valence-electron chi connectivity index (χ2n) is 4.56. The molecule has 0 aliphatic heterocycles. The maximum Gasteiger partial charge on any atom is 0.269 e. The molecule has 2 rings (SSSR count). The Morgan fingerprint density at radius 3 is 2.68 bits per heavy atom. The lowest BCUT2D eigenvalue weighted by Crippen LogP contribution is -2.15. The first kappa shape index (κ1) is 13.2. The van der Waals surface area contributed by atoms with Crippen molar-refractivity contribution >= 4 is 5.69 Å². The van der Waals surface area contributed by atoms with E-state index in [0.717, 1.165) is 29.9 Å². The number of benzene rings is 1. The monoisotopic (exact) mass is 260 g/mol. The fourth-order valence-electron chi connectivity index (χ4n) is 1.76. The van der Waals surface area contributed by atoms with Gasteiger partial charge in [0.15, 0.2) is 0 Å². The highest BCUT2D eigenvalue weighted by Crippen LogP contribution is 2.21. The quantitative estimate of drug-likeness (QED) is 0.636. The molecule has 0 saturated carbocycles. The lowest BCUT2D eigenvalue weighted by molar-refractivity contribution is -0.384. The molecular formula is C13H16N4O2. The van der Waals surface area contributed by atoms with Gasteiger partial charge in [-0.25, -0.2) is 4.98 Å². The smallest absolute Gasteiger partial charge is 0.269 e. The highest BCUT2D eigenvalue weighted by atomic mass is 16.6. The molecule has 1 aromatic carbocycles. The Kier molecular flexibility index (Phi) is 3.91. The second kappa shape index (κ2) is 5.62. The molecule has 1 atom stereocenters. The third kappa shape index (κ3) is 3.38. The van der Waals surface area contributed by atoms with Crippen LogP contribution in [0.5, 0.6) is 0 Å². The van der Waals surface area contributed by atoms with Crippen LogP contribution in [0.3, 0.4) is 0 Å². The molecule has 0 spiro atoms. The van der Waals surface area contributed by atoms with E-state index in [4.69, 9.17) is 5.73 Å². The van der Waals surface area contributed by atoms with Gasteiger partial charge in [0.25, 0.3) is 5.69 Å². The molecule has 0 saturated heterocycles. The molecule has 0 radical (unpaired) electrons. The van der Waals surface area contributed by atoms with Crippen molar-refractivity contribution in [1.82, 2.24) is 9.97 Å². The largest absolute Gasteiger partial charge is 0.342 e. The lowest BCUT2D eigenvalue weighted by atomic mass is 10.1. The molecule has 0 aliphatic carbocycles. The number of H-pyrrole nitrogens is 1. The summed E-state index contributed by atoms with van der Waals surface area (Å²) in [5.41, 5.74) is 7.52. The van der Waals surface area contributed by atoms with Crippen LogP contribution in [0.25, 0.3) is 11.3 Å². The first-order valence-electron chi connectivity index (χ1n) is 6.10. The zero-order valence-corrected chi connectivity index (χ0v) is 10.7. The topological polar surface area (TPSA) is 97.8 Å². The highest BCUT2D eigenvalue weighted by Gasteiger charge is 2.07. The number of aryl methyl sites for hydroxylation is 1. The fourth-order valence-corrected chi connectivity index (χ4v) is 1.76. The van der Waals surface area contributed by atoms with E-state index in [1.807, 2.05) is 6.92 Å². The van der Waals surface area contributed by atoms with Gasteiger partial charge < -0.3 is 10.7 Å². The van der Waals surface area contributed by atoms with Crippen molar-refractivity contribution in [3.05, 3.63) is 46.4 Å². The summed E-state index contributed by atoms with van der Waals surface area (Å²) in [6.45, 7) is 1.96. The molecular weight excluding hydrogens is 244 g/mol. The minimum absolute atomic E-state index is 0.0837. The van der Waals surface area contributed by atoms with E-state index in [2.05, 4.69) is 9.97 Å². The summed E-state index contributed by atoms with van der Waals surface area (Å²) >= 11 is 0. The molecule has 6 heteroatoms. The molecule has 100 valence electrons. The van der Waals surface area contributed by atoms with Crippen molar-refractivity contribution in [2.75, 3.05) is 0 Å². The molecule has 0 bridgehead atoms. The zero-order chi connectivity index (χ0) is 13.8. The summed E-state index contributed by atoms with van der Waals surface area (Å²) in [6.07, 6.45) is 3.40. The number of aromatic nitrogens is 2. The maximum absolute atomic E-state index is 10.6. The lowest BCUT2D eigenvalue weighted by Gasteiger charge is -2.01. The zero-order valence-electron chi connectivity index (χ0n) is 10.7. The maximum atomic E-state index is 10.6. The Morgan fingerprint density at radius 1 is 1.42 bits per heavy atom. The van der Waals surface area contributed by atoms with E-state index >= 15 is 0 Å². The predicted molar refractivity (Wildman–Crippen MR) is 72.6 cm³/mol. The minimum atomic E-state index is -0.412. The average Bonchev–Trinajstić information content (AvgIpc) is 2.85. The Morgan fingerprint density at radius 2 is 2.11 bits per heavy atom. The van der Waals surface area contributed by atoms with Crippen LogP contribution in [-0.4, -0.2) is 20.9 Å². The number of nitrogens with zero attached hydrogens (tertiary/aromatic N) is 2. The molecule has 0 aliphatic rings. The van der Waals surface area contributed by atoms with Crippen LogP contribution in [0.4, 0.5) is 5.69 Å². The van der Waals surface area contributed by atoms with Crippen LogP contribution in [-0.2, 0) is 6.42 Å². The molecule has 1 unspecified atom stereocenters. The van der Waals surface area contributed by atoms with Gasteiger partial charge in [-0.15, -0.1) is 0 Å². The summed E-state index contributed by atoms with van der Waals surface area (Å²) in [5.74, 6) is 0.880. The van der Waals surface area contributed by atoms with Gasteiger partial charge in [0, 0.05) is 30.2 Å². The van der Waals surface area contributed by atoms with E-state index in [1.54, 1.807) is 18.3 Å². The SMILES string of the molecule is CC(N)CCc1ncc(-c2ccc([N+](=O)[O-])cc2)[nH]1. The first-order valence-corrected chi connectivity index (χ1v) is 6.10. The number of nitrogens with one attached hydrogen (secondary N) is 1.